The first-order chi connectivity index (χ1) is 14.5. The molecule has 4 rings (SSSR count). The van der Waals surface area contributed by atoms with Crippen molar-refractivity contribution in [3.8, 4) is 0 Å². The summed E-state index contributed by atoms with van der Waals surface area (Å²) in [5, 5.41) is 15.3. The van der Waals surface area contributed by atoms with E-state index in [9.17, 15) is 9.90 Å². The Morgan fingerprint density at radius 3 is 2.73 bits per heavy atom. The number of carbonyl (C=O) groups is 1. The van der Waals surface area contributed by atoms with Crippen molar-refractivity contribution in [2.45, 2.75) is 51.7 Å². The van der Waals surface area contributed by atoms with Crippen molar-refractivity contribution >= 4 is 40.0 Å². The summed E-state index contributed by atoms with van der Waals surface area (Å²) in [5.41, 5.74) is 3.01. The van der Waals surface area contributed by atoms with Crippen molar-refractivity contribution in [3.05, 3.63) is 48.1 Å². The number of aromatic nitrogens is 2. The normalized spacial score (nSPS) is 20.0. The summed E-state index contributed by atoms with van der Waals surface area (Å²) in [6, 6.07) is 3.86. The lowest BCUT2D eigenvalue weighted by molar-refractivity contribution is -0.117. The molecular weight excluding hydrogens is 396 g/mol. The third-order valence-electron chi connectivity index (χ3n) is 5.66. The number of hydrogen-bond acceptors (Lipinski definition) is 6. The van der Waals surface area contributed by atoms with Gasteiger partial charge in [0.2, 0.25) is 5.91 Å². The summed E-state index contributed by atoms with van der Waals surface area (Å²) in [5.74, 6) is 0.773. The van der Waals surface area contributed by atoms with E-state index in [-0.39, 0.29) is 17.9 Å². The molecular formula is C23H28N4O2S. The number of allylic oxidation sites excluding steroid dienone is 2. The molecule has 7 heteroatoms. The molecule has 2 aromatic heterocycles. The molecule has 2 N–H and O–H groups in total. The van der Waals surface area contributed by atoms with Gasteiger partial charge in [0.25, 0.3) is 0 Å². The van der Waals surface area contributed by atoms with Crippen LogP contribution in [-0.2, 0) is 4.79 Å². The quantitative estimate of drug-likeness (QED) is 0.642. The predicted octanol–water partition coefficient (Wildman–Crippen LogP) is 4.39. The van der Waals surface area contributed by atoms with Gasteiger partial charge in [-0.25, -0.2) is 4.98 Å². The largest absolute Gasteiger partial charge is 0.391 e. The van der Waals surface area contributed by atoms with Crippen LogP contribution in [0.1, 0.15) is 45.2 Å². The summed E-state index contributed by atoms with van der Waals surface area (Å²) < 4.78 is 2.10. The molecule has 3 heterocycles. The van der Waals surface area contributed by atoms with E-state index in [1.54, 1.807) is 18.1 Å². The van der Waals surface area contributed by atoms with Crippen LogP contribution in [0.25, 0.3) is 16.3 Å². The number of nitrogens with one attached hydrogen (secondary N) is 1. The molecule has 2 aromatic rings. The van der Waals surface area contributed by atoms with Crippen molar-refractivity contribution in [1.82, 2.24) is 14.3 Å². The number of pyridine rings is 2. The molecule has 0 radical (unpaired) electrons. The third-order valence-corrected chi connectivity index (χ3v) is 6.43. The minimum atomic E-state index is -0.395. The minimum absolute atomic E-state index is 0.0385. The summed E-state index contributed by atoms with van der Waals surface area (Å²) in [4.78, 5) is 21.1. The molecule has 0 saturated heterocycles. The van der Waals surface area contributed by atoms with Crippen molar-refractivity contribution in [2.75, 3.05) is 11.6 Å². The second-order valence-corrected chi connectivity index (χ2v) is 8.82. The maximum absolute atomic E-state index is 12.0. The lowest BCUT2D eigenvalue weighted by Gasteiger charge is -2.34. The summed E-state index contributed by atoms with van der Waals surface area (Å²) >= 11 is 1.60. The number of aliphatic hydroxyl groups is 1. The Hall–Kier alpha value is -2.38. The zero-order valence-electron chi connectivity index (χ0n) is 17.6. The monoisotopic (exact) mass is 424 g/mol. The molecule has 2 atom stereocenters. The van der Waals surface area contributed by atoms with Gasteiger partial charge >= 0.3 is 0 Å². The predicted molar refractivity (Wildman–Crippen MR) is 123 cm³/mol. The number of carbonyl (C=O) groups excluding carboxylic acids is 1. The standard InChI is InChI=1S/C23H28N4O2S/c1-4-5-21(28)20-8-14(2)18(13-27(20)30-3)19-9-16-12-25-22(10-17(16)11-24-19)26-23(29)15-6-7-15/h8-13,15,20-21,28H,4-7H2,1-3H3,(H,25,26,29). The van der Waals surface area contributed by atoms with Crippen LogP contribution in [0.4, 0.5) is 5.82 Å². The number of rotatable bonds is 7. The minimum Gasteiger partial charge on any atom is -0.391 e. The van der Waals surface area contributed by atoms with Crippen LogP contribution in [0.15, 0.2) is 42.4 Å². The molecule has 0 spiro atoms. The zero-order valence-corrected chi connectivity index (χ0v) is 18.4. The number of anilines is 1. The fourth-order valence-electron chi connectivity index (χ4n) is 3.75. The highest BCUT2D eigenvalue weighted by Crippen LogP contribution is 2.34. The SMILES string of the molecule is CCCC(O)C1C=C(C)C(c2cc3cnc(NC(=O)C4CC4)cc3cn2)=CN1SC. The number of hydrogen-bond donors (Lipinski definition) is 2. The summed E-state index contributed by atoms with van der Waals surface area (Å²) in [6.07, 6.45) is 13.1. The van der Waals surface area contributed by atoms with E-state index in [0.717, 1.165) is 53.3 Å². The van der Waals surface area contributed by atoms with E-state index in [1.165, 1.54) is 0 Å². The van der Waals surface area contributed by atoms with Crippen molar-refractivity contribution in [2.24, 2.45) is 5.92 Å². The van der Waals surface area contributed by atoms with E-state index in [4.69, 9.17) is 0 Å². The van der Waals surface area contributed by atoms with Crippen LogP contribution >= 0.6 is 11.9 Å². The molecule has 1 fully saturated rings. The van der Waals surface area contributed by atoms with Gasteiger partial charge in [-0.3, -0.25) is 9.78 Å². The Labute approximate surface area is 181 Å². The highest BCUT2D eigenvalue weighted by Gasteiger charge is 2.30. The molecule has 1 saturated carbocycles. The van der Waals surface area contributed by atoms with Crippen LogP contribution < -0.4 is 5.32 Å². The molecule has 0 aromatic carbocycles. The Kier molecular flexibility index (Phi) is 6.11. The average molecular weight is 425 g/mol. The van der Waals surface area contributed by atoms with Gasteiger partial charge < -0.3 is 14.7 Å². The molecule has 1 amide bonds. The van der Waals surface area contributed by atoms with Gasteiger partial charge in [0, 0.05) is 47.1 Å². The van der Waals surface area contributed by atoms with Crippen LogP contribution in [0.2, 0.25) is 0 Å². The lowest BCUT2D eigenvalue weighted by atomic mass is 9.95. The van der Waals surface area contributed by atoms with E-state index in [1.807, 2.05) is 24.6 Å². The van der Waals surface area contributed by atoms with Gasteiger partial charge in [-0.05, 0) is 43.9 Å². The highest BCUT2D eigenvalue weighted by atomic mass is 32.2. The Balaban J connectivity index is 1.59. The molecule has 1 aliphatic carbocycles. The van der Waals surface area contributed by atoms with E-state index in [0.29, 0.717) is 5.82 Å². The highest BCUT2D eigenvalue weighted by molar-refractivity contribution is 7.96. The van der Waals surface area contributed by atoms with E-state index >= 15 is 0 Å². The molecule has 1 aliphatic heterocycles. The fourth-order valence-corrected chi connectivity index (χ4v) is 4.41. The average Bonchev–Trinajstić information content (AvgIpc) is 3.59. The lowest BCUT2D eigenvalue weighted by Crippen LogP contribution is -2.37. The Morgan fingerprint density at radius 2 is 2.03 bits per heavy atom. The van der Waals surface area contributed by atoms with Crippen molar-refractivity contribution in [3.63, 3.8) is 0 Å². The number of amides is 1. The van der Waals surface area contributed by atoms with Crippen LogP contribution in [0, 0.1) is 5.92 Å². The fraction of sp³-hybridized carbons (Fsp3) is 0.435. The van der Waals surface area contributed by atoms with Crippen LogP contribution in [-0.4, -0.2) is 43.7 Å². The van der Waals surface area contributed by atoms with Gasteiger partial charge in [-0.15, -0.1) is 0 Å². The van der Waals surface area contributed by atoms with Crippen molar-refractivity contribution in [1.29, 1.82) is 0 Å². The Bertz CT molecular complexity index is 1020. The van der Waals surface area contributed by atoms with Gasteiger partial charge in [-0.1, -0.05) is 31.4 Å². The first kappa shape index (κ1) is 20.9. The number of nitrogens with zero attached hydrogens (tertiary/aromatic N) is 3. The molecule has 158 valence electrons. The molecule has 6 nitrogen and oxygen atoms in total. The molecule has 2 unspecified atom stereocenters. The topological polar surface area (TPSA) is 78.4 Å². The smallest absolute Gasteiger partial charge is 0.228 e. The van der Waals surface area contributed by atoms with Gasteiger partial charge in [-0.2, -0.15) is 0 Å². The second-order valence-electron chi connectivity index (χ2n) is 8.03. The Morgan fingerprint density at radius 1 is 1.30 bits per heavy atom. The zero-order chi connectivity index (χ0) is 21.3. The molecule has 0 bridgehead atoms. The maximum Gasteiger partial charge on any atom is 0.228 e. The summed E-state index contributed by atoms with van der Waals surface area (Å²) in [7, 11) is 0. The van der Waals surface area contributed by atoms with E-state index in [2.05, 4.69) is 45.7 Å². The molecule has 30 heavy (non-hydrogen) atoms. The first-order valence-electron chi connectivity index (χ1n) is 10.5. The van der Waals surface area contributed by atoms with Crippen molar-refractivity contribution < 1.29 is 9.90 Å². The number of fused-ring (bicyclic) bond motifs is 1. The van der Waals surface area contributed by atoms with Gasteiger partial charge in [0.05, 0.1) is 17.8 Å². The second kappa shape index (κ2) is 8.78. The maximum atomic E-state index is 12.0. The first-order valence-corrected chi connectivity index (χ1v) is 11.7. The van der Waals surface area contributed by atoms with E-state index < -0.39 is 6.10 Å². The van der Waals surface area contributed by atoms with Crippen LogP contribution in [0.3, 0.4) is 0 Å². The number of aliphatic hydroxyl groups excluding tert-OH is 1. The third kappa shape index (κ3) is 4.37. The molecule has 2 aliphatic rings. The summed E-state index contributed by atoms with van der Waals surface area (Å²) in [6.45, 7) is 4.15. The van der Waals surface area contributed by atoms with Gasteiger partial charge in [0.15, 0.2) is 0 Å². The van der Waals surface area contributed by atoms with Gasteiger partial charge in [0.1, 0.15) is 5.82 Å². The van der Waals surface area contributed by atoms with Crippen LogP contribution in [0.5, 0.6) is 0 Å².